The summed E-state index contributed by atoms with van der Waals surface area (Å²) in [5.41, 5.74) is 6.61. The standard InChI is InChI=1S/C25H23BrN4OS/c1-15-7-4-5-10-18(15)14-30-21-12-11-19(26)13-20(21)23(24(30)31)28-29-25(32)27-22-16(2)8-6-9-17(22)3/h4-13,31H,14H2,1-3H3,(H,27,32). The highest BCUT2D eigenvalue weighted by atomic mass is 79.9. The number of fused-ring (bicyclic) bond motifs is 1. The van der Waals surface area contributed by atoms with E-state index in [1.165, 1.54) is 0 Å². The molecule has 3 aromatic carbocycles. The zero-order chi connectivity index (χ0) is 22.8. The predicted octanol–water partition coefficient (Wildman–Crippen LogP) is 7.56. The number of aryl methyl sites for hydroxylation is 3. The summed E-state index contributed by atoms with van der Waals surface area (Å²) >= 11 is 8.92. The van der Waals surface area contributed by atoms with Crippen LogP contribution in [0.1, 0.15) is 22.3 Å². The molecule has 7 heteroatoms. The van der Waals surface area contributed by atoms with Gasteiger partial charge in [-0.1, -0.05) is 58.4 Å². The number of azo groups is 1. The Morgan fingerprint density at radius 1 is 1.00 bits per heavy atom. The first-order chi connectivity index (χ1) is 15.3. The first-order valence-corrected chi connectivity index (χ1v) is 11.4. The number of rotatable bonds is 4. The number of anilines is 1. The third-order valence-electron chi connectivity index (χ3n) is 5.52. The molecule has 4 aromatic rings. The van der Waals surface area contributed by atoms with E-state index in [1.807, 2.05) is 66.9 Å². The lowest BCUT2D eigenvalue weighted by Crippen LogP contribution is -2.07. The van der Waals surface area contributed by atoms with E-state index >= 15 is 0 Å². The van der Waals surface area contributed by atoms with Crippen molar-refractivity contribution in [2.75, 3.05) is 5.32 Å². The molecular weight excluding hydrogens is 484 g/mol. The molecule has 0 aliphatic heterocycles. The minimum atomic E-state index is 0.0555. The van der Waals surface area contributed by atoms with Crippen molar-refractivity contribution in [1.82, 2.24) is 4.57 Å². The van der Waals surface area contributed by atoms with E-state index in [0.717, 1.165) is 43.3 Å². The van der Waals surface area contributed by atoms with Crippen LogP contribution in [0.25, 0.3) is 10.9 Å². The molecule has 32 heavy (non-hydrogen) atoms. The topological polar surface area (TPSA) is 61.9 Å². The van der Waals surface area contributed by atoms with Gasteiger partial charge in [0.05, 0.1) is 12.1 Å². The van der Waals surface area contributed by atoms with Crippen LogP contribution in [0.3, 0.4) is 0 Å². The SMILES string of the molecule is Cc1ccccc1Cn1c(O)c(N=NC(=S)Nc2c(C)cccc2C)c2cc(Br)ccc21. The van der Waals surface area contributed by atoms with Crippen molar-refractivity contribution in [2.45, 2.75) is 27.3 Å². The highest BCUT2D eigenvalue weighted by Gasteiger charge is 2.18. The molecule has 4 rings (SSSR count). The number of para-hydroxylation sites is 1. The number of aromatic nitrogens is 1. The molecule has 0 atom stereocenters. The highest BCUT2D eigenvalue weighted by molar-refractivity contribution is 9.10. The van der Waals surface area contributed by atoms with Gasteiger partial charge in [-0.25, -0.2) is 0 Å². The van der Waals surface area contributed by atoms with Crippen molar-refractivity contribution in [3.05, 3.63) is 87.4 Å². The Bertz CT molecular complexity index is 1340. The molecule has 0 radical (unpaired) electrons. The van der Waals surface area contributed by atoms with Crippen LogP contribution in [-0.4, -0.2) is 14.8 Å². The maximum atomic E-state index is 11.1. The zero-order valence-corrected chi connectivity index (χ0v) is 20.5. The van der Waals surface area contributed by atoms with E-state index in [0.29, 0.717) is 12.2 Å². The van der Waals surface area contributed by atoms with Gasteiger partial charge >= 0.3 is 0 Å². The lowest BCUT2D eigenvalue weighted by Gasteiger charge is -2.10. The summed E-state index contributed by atoms with van der Waals surface area (Å²) in [7, 11) is 0. The minimum absolute atomic E-state index is 0.0555. The van der Waals surface area contributed by atoms with Crippen molar-refractivity contribution < 1.29 is 5.11 Å². The van der Waals surface area contributed by atoms with Crippen LogP contribution < -0.4 is 5.32 Å². The summed E-state index contributed by atoms with van der Waals surface area (Å²) < 4.78 is 2.74. The third kappa shape index (κ3) is 4.45. The monoisotopic (exact) mass is 506 g/mol. The molecule has 0 aliphatic rings. The molecule has 5 nitrogen and oxygen atoms in total. The minimum Gasteiger partial charge on any atom is -0.493 e. The molecule has 0 aliphatic carbocycles. The summed E-state index contributed by atoms with van der Waals surface area (Å²) in [6.45, 7) is 6.61. The second-order valence-corrected chi connectivity index (χ2v) is 9.05. The van der Waals surface area contributed by atoms with Gasteiger partial charge in [-0.05, 0) is 73.4 Å². The van der Waals surface area contributed by atoms with Crippen LogP contribution in [0.5, 0.6) is 5.88 Å². The van der Waals surface area contributed by atoms with Crippen LogP contribution in [0.15, 0.2) is 75.4 Å². The average Bonchev–Trinajstić information content (AvgIpc) is 3.01. The Kier molecular flexibility index (Phi) is 6.39. The summed E-state index contributed by atoms with van der Waals surface area (Å²) in [4.78, 5) is 0. The number of nitrogens with one attached hydrogen (secondary N) is 1. The van der Waals surface area contributed by atoms with Gasteiger partial charge in [0.1, 0.15) is 0 Å². The Morgan fingerprint density at radius 2 is 1.69 bits per heavy atom. The van der Waals surface area contributed by atoms with E-state index in [9.17, 15) is 5.11 Å². The van der Waals surface area contributed by atoms with Gasteiger partial charge < -0.3 is 15.0 Å². The molecular formula is C25H23BrN4OS. The van der Waals surface area contributed by atoms with E-state index in [-0.39, 0.29) is 11.0 Å². The molecule has 0 bridgehead atoms. The second kappa shape index (κ2) is 9.22. The third-order valence-corrected chi connectivity index (χ3v) is 6.19. The van der Waals surface area contributed by atoms with Crippen LogP contribution in [-0.2, 0) is 6.54 Å². The molecule has 1 aromatic heterocycles. The van der Waals surface area contributed by atoms with Gasteiger partial charge in [0.15, 0.2) is 5.69 Å². The number of aromatic hydroxyl groups is 1. The van der Waals surface area contributed by atoms with Crippen LogP contribution in [0.2, 0.25) is 0 Å². The number of nitrogens with zero attached hydrogens (tertiary/aromatic N) is 3. The Labute approximate surface area is 200 Å². The van der Waals surface area contributed by atoms with Crippen LogP contribution >= 0.6 is 28.1 Å². The normalized spacial score (nSPS) is 11.4. The largest absolute Gasteiger partial charge is 0.493 e. The predicted molar refractivity (Wildman–Crippen MR) is 138 cm³/mol. The summed E-state index contributed by atoms with van der Waals surface area (Å²) in [5, 5.41) is 23.8. The highest BCUT2D eigenvalue weighted by Crippen LogP contribution is 2.40. The van der Waals surface area contributed by atoms with Gasteiger partial charge in [-0.2, -0.15) is 0 Å². The quantitative estimate of drug-likeness (QED) is 0.221. The lowest BCUT2D eigenvalue weighted by molar-refractivity contribution is 0.429. The fraction of sp³-hybridized carbons (Fsp3) is 0.160. The van der Waals surface area contributed by atoms with Gasteiger partial charge in [-0.15, -0.1) is 10.2 Å². The van der Waals surface area contributed by atoms with Gasteiger partial charge in [0, 0.05) is 15.5 Å². The van der Waals surface area contributed by atoms with Crippen molar-refractivity contribution in [1.29, 1.82) is 0 Å². The maximum Gasteiger partial charge on any atom is 0.221 e. The number of benzene rings is 3. The molecule has 0 amide bonds. The molecule has 0 fully saturated rings. The van der Waals surface area contributed by atoms with Crippen molar-refractivity contribution in [2.24, 2.45) is 10.2 Å². The first-order valence-electron chi connectivity index (χ1n) is 10.2. The second-order valence-electron chi connectivity index (χ2n) is 7.74. The van der Waals surface area contributed by atoms with Gasteiger partial charge in [0.25, 0.3) is 0 Å². The number of halogens is 1. The number of thiocarbonyl (C=S) groups is 1. The van der Waals surface area contributed by atoms with Crippen molar-refractivity contribution in [3.63, 3.8) is 0 Å². The molecule has 0 spiro atoms. The van der Waals surface area contributed by atoms with Gasteiger partial charge in [0.2, 0.25) is 11.0 Å². The van der Waals surface area contributed by atoms with Crippen molar-refractivity contribution in [3.8, 4) is 5.88 Å². The number of hydrogen-bond donors (Lipinski definition) is 2. The fourth-order valence-electron chi connectivity index (χ4n) is 3.75. The van der Waals surface area contributed by atoms with Gasteiger partial charge in [-0.3, -0.25) is 0 Å². The molecule has 1 heterocycles. The fourth-order valence-corrected chi connectivity index (χ4v) is 4.26. The Morgan fingerprint density at radius 3 is 2.41 bits per heavy atom. The molecule has 0 unspecified atom stereocenters. The van der Waals surface area contributed by atoms with E-state index < -0.39 is 0 Å². The zero-order valence-electron chi connectivity index (χ0n) is 18.1. The summed E-state index contributed by atoms with van der Waals surface area (Å²) in [5.74, 6) is 0.0555. The number of hydrogen-bond acceptors (Lipinski definition) is 3. The Balaban J connectivity index is 1.71. The summed E-state index contributed by atoms with van der Waals surface area (Å²) in [6, 6.07) is 20.0. The lowest BCUT2D eigenvalue weighted by atomic mass is 10.1. The van der Waals surface area contributed by atoms with Crippen LogP contribution in [0.4, 0.5) is 11.4 Å². The maximum absolute atomic E-state index is 11.1. The molecule has 2 N–H and O–H groups in total. The smallest absolute Gasteiger partial charge is 0.221 e. The van der Waals surface area contributed by atoms with Crippen LogP contribution in [0, 0.1) is 20.8 Å². The summed E-state index contributed by atoms with van der Waals surface area (Å²) in [6.07, 6.45) is 0. The molecule has 0 saturated carbocycles. The molecule has 162 valence electrons. The van der Waals surface area contributed by atoms with E-state index in [1.54, 1.807) is 0 Å². The Hall–Kier alpha value is -3.03. The first kappa shape index (κ1) is 22.2. The molecule has 0 saturated heterocycles. The van der Waals surface area contributed by atoms with Crippen molar-refractivity contribution >= 4 is 55.5 Å². The van der Waals surface area contributed by atoms with E-state index in [2.05, 4.69) is 50.5 Å². The average molecular weight is 507 g/mol. The van der Waals surface area contributed by atoms with E-state index in [4.69, 9.17) is 12.2 Å².